The third kappa shape index (κ3) is 5.13. The Hall–Kier alpha value is -2.31. The van der Waals surface area contributed by atoms with Crippen LogP contribution in [-0.2, 0) is 23.1 Å². The van der Waals surface area contributed by atoms with E-state index in [0.717, 1.165) is 25.3 Å². The van der Waals surface area contributed by atoms with Crippen LogP contribution in [0.4, 0.5) is 8.78 Å². The fourth-order valence-corrected chi connectivity index (χ4v) is 4.41. The number of aliphatic carboxylic acids is 1. The van der Waals surface area contributed by atoms with Gasteiger partial charge in [0.15, 0.2) is 11.6 Å². The van der Waals surface area contributed by atoms with Gasteiger partial charge in [-0.25, -0.2) is 8.78 Å². The molecule has 0 fully saturated rings. The monoisotopic (exact) mass is 431 g/mol. The van der Waals surface area contributed by atoms with Gasteiger partial charge in [-0.1, -0.05) is 24.3 Å². The average molecular weight is 432 g/mol. The molecule has 0 saturated carbocycles. The predicted molar refractivity (Wildman–Crippen MR) is 116 cm³/mol. The second kappa shape index (κ2) is 8.67. The highest BCUT2D eigenvalue weighted by Crippen LogP contribution is 2.33. The first kappa shape index (κ1) is 23.4. The molecule has 0 unspecified atom stereocenters. The molecule has 2 aromatic carbocycles. The van der Waals surface area contributed by atoms with Gasteiger partial charge < -0.3 is 15.5 Å². The Balaban J connectivity index is 1.68. The number of fused-ring (bicyclic) bond motifs is 1. The van der Waals surface area contributed by atoms with Crippen LogP contribution in [0.25, 0.3) is 0 Å². The van der Waals surface area contributed by atoms with E-state index in [1.165, 1.54) is 31.0 Å². The fourth-order valence-electron chi connectivity index (χ4n) is 4.41. The van der Waals surface area contributed by atoms with Crippen LogP contribution in [0.2, 0.25) is 0 Å². The summed E-state index contributed by atoms with van der Waals surface area (Å²) in [4.78, 5) is 11.5. The van der Waals surface area contributed by atoms with Crippen molar-refractivity contribution >= 4 is 5.97 Å². The van der Waals surface area contributed by atoms with Crippen LogP contribution in [-0.4, -0.2) is 28.3 Å². The molecule has 0 amide bonds. The number of aliphatic hydroxyl groups is 1. The van der Waals surface area contributed by atoms with Gasteiger partial charge in [0.2, 0.25) is 0 Å². The van der Waals surface area contributed by atoms with E-state index in [-0.39, 0.29) is 23.2 Å². The molecular weight excluding hydrogens is 400 g/mol. The van der Waals surface area contributed by atoms with Crippen molar-refractivity contribution in [2.24, 2.45) is 5.92 Å². The lowest BCUT2D eigenvalue weighted by molar-refractivity contribution is -0.142. The van der Waals surface area contributed by atoms with E-state index in [9.17, 15) is 23.8 Å². The van der Waals surface area contributed by atoms with Gasteiger partial charge in [-0.15, -0.1) is 0 Å². The molecule has 31 heavy (non-hydrogen) atoms. The second-order valence-electron chi connectivity index (χ2n) is 9.82. The lowest BCUT2D eigenvalue weighted by atomic mass is 9.83. The summed E-state index contributed by atoms with van der Waals surface area (Å²) < 4.78 is 28.6. The maximum Gasteiger partial charge on any atom is 0.313 e. The fraction of sp³-hybridized carbons (Fsp3) is 0.480. The molecule has 1 atom stereocenters. The number of carbonyl (C=O) groups is 1. The summed E-state index contributed by atoms with van der Waals surface area (Å²) in [5.41, 5.74) is 0.891. The summed E-state index contributed by atoms with van der Waals surface area (Å²) in [6.07, 6.45) is 1.59. The van der Waals surface area contributed by atoms with E-state index in [0.29, 0.717) is 5.92 Å². The van der Waals surface area contributed by atoms with E-state index in [1.54, 1.807) is 0 Å². The minimum Gasteiger partial charge on any atom is -0.481 e. The molecule has 1 aliphatic rings. The Kier molecular flexibility index (Phi) is 6.53. The highest BCUT2D eigenvalue weighted by Gasteiger charge is 2.33. The molecule has 0 bridgehead atoms. The molecule has 168 valence electrons. The summed E-state index contributed by atoms with van der Waals surface area (Å²) in [6.45, 7) is 6.92. The van der Waals surface area contributed by atoms with Gasteiger partial charge in [-0.3, -0.25) is 4.79 Å². The highest BCUT2D eigenvalue weighted by molar-refractivity contribution is 5.80. The van der Waals surface area contributed by atoms with Crippen LogP contribution in [0.5, 0.6) is 0 Å². The lowest BCUT2D eigenvalue weighted by Gasteiger charge is -2.31. The summed E-state index contributed by atoms with van der Waals surface area (Å²) in [7, 11) is 0. The van der Waals surface area contributed by atoms with E-state index in [1.807, 2.05) is 13.8 Å². The predicted octanol–water partition coefficient (Wildman–Crippen LogP) is 4.53. The van der Waals surface area contributed by atoms with Gasteiger partial charge in [0, 0.05) is 17.6 Å². The number of carboxylic acid groups (broad SMARTS) is 1. The topological polar surface area (TPSA) is 69.6 Å². The summed E-state index contributed by atoms with van der Waals surface area (Å²) in [5, 5.41) is 23.3. The highest BCUT2D eigenvalue weighted by atomic mass is 19.2. The number of rotatable bonds is 8. The molecular formula is C25H31F2NO3. The van der Waals surface area contributed by atoms with Crippen LogP contribution in [0.1, 0.15) is 62.5 Å². The van der Waals surface area contributed by atoms with E-state index in [2.05, 4.69) is 29.6 Å². The third-order valence-corrected chi connectivity index (χ3v) is 6.38. The van der Waals surface area contributed by atoms with Crippen molar-refractivity contribution < 1.29 is 23.8 Å². The Bertz CT molecular complexity index is 946. The third-order valence-electron chi connectivity index (χ3n) is 6.38. The zero-order chi connectivity index (χ0) is 23.0. The zero-order valence-electron chi connectivity index (χ0n) is 18.5. The molecule has 3 rings (SSSR count). The van der Waals surface area contributed by atoms with E-state index >= 15 is 0 Å². The molecule has 2 aromatic rings. The number of carboxylic acids is 1. The van der Waals surface area contributed by atoms with Crippen molar-refractivity contribution in [2.75, 3.05) is 6.54 Å². The van der Waals surface area contributed by atoms with Crippen molar-refractivity contribution in [3.05, 3.63) is 70.3 Å². The van der Waals surface area contributed by atoms with Crippen LogP contribution in [0, 0.1) is 17.6 Å². The number of hydrogen-bond donors (Lipinski definition) is 3. The number of halogens is 2. The van der Waals surface area contributed by atoms with Crippen molar-refractivity contribution in [3.63, 3.8) is 0 Å². The van der Waals surface area contributed by atoms with Crippen molar-refractivity contribution in [2.45, 2.75) is 64.0 Å². The Morgan fingerprint density at radius 2 is 1.71 bits per heavy atom. The maximum atomic E-state index is 14.4. The molecule has 0 heterocycles. The minimum atomic E-state index is -1.41. The number of benzene rings is 2. The lowest BCUT2D eigenvalue weighted by Crippen LogP contribution is -2.43. The second-order valence-corrected chi connectivity index (χ2v) is 9.82. The van der Waals surface area contributed by atoms with Crippen LogP contribution in [0.15, 0.2) is 36.4 Å². The van der Waals surface area contributed by atoms with Gasteiger partial charge >= 0.3 is 5.97 Å². The largest absolute Gasteiger partial charge is 0.481 e. The quantitative estimate of drug-likeness (QED) is 0.574. The molecule has 0 saturated heterocycles. The normalized spacial score (nSPS) is 15.7. The van der Waals surface area contributed by atoms with Crippen molar-refractivity contribution in [3.8, 4) is 0 Å². The summed E-state index contributed by atoms with van der Waals surface area (Å²) >= 11 is 0. The smallest absolute Gasteiger partial charge is 0.313 e. The number of hydrogen-bond acceptors (Lipinski definition) is 3. The standard InChI is InChI=1S/C25H31F2NO3/c1-24(2,13-15-9-16-7-5-6-8-17(16)10-15)28-14-21(29)19-11-18(12-20(26)22(19)27)25(3,4)23(30)31/h5-8,11-12,15,21,28-29H,9-10,13-14H2,1-4H3,(H,30,31)/t21-/m1/s1. The molecule has 1 aliphatic carbocycles. The van der Waals surface area contributed by atoms with Gasteiger partial charge in [0.05, 0.1) is 11.5 Å². The van der Waals surface area contributed by atoms with Crippen LogP contribution >= 0.6 is 0 Å². The first-order chi connectivity index (χ1) is 14.4. The Labute approximate surface area is 182 Å². The molecule has 6 heteroatoms. The van der Waals surface area contributed by atoms with Crippen LogP contribution < -0.4 is 5.32 Å². The first-order valence-corrected chi connectivity index (χ1v) is 10.6. The molecule has 3 N–H and O–H groups in total. The van der Waals surface area contributed by atoms with Gasteiger partial charge in [-0.05, 0) is 81.7 Å². The molecule has 0 radical (unpaired) electrons. The van der Waals surface area contributed by atoms with E-state index in [4.69, 9.17) is 0 Å². The van der Waals surface area contributed by atoms with Crippen LogP contribution in [0.3, 0.4) is 0 Å². The molecule has 0 aromatic heterocycles. The zero-order valence-corrected chi connectivity index (χ0v) is 18.5. The summed E-state index contributed by atoms with van der Waals surface area (Å²) in [6, 6.07) is 10.5. The van der Waals surface area contributed by atoms with Crippen molar-refractivity contribution in [1.29, 1.82) is 0 Å². The average Bonchev–Trinajstić information content (AvgIpc) is 3.09. The maximum absolute atomic E-state index is 14.4. The molecule has 0 aliphatic heterocycles. The SMILES string of the molecule is CC(C)(CC1Cc2ccccc2C1)NC[C@@H](O)c1cc(C(C)(C)C(=O)O)cc(F)c1F. The van der Waals surface area contributed by atoms with Crippen molar-refractivity contribution in [1.82, 2.24) is 5.32 Å². The Morgan fingerprint density at radius 3 is 2.26 bits per heavy atom. The summed E-state index contributed by atoms with van der Waals surface area (Å²) in [5.74, 6) is -2.99. The van der Waals surface area contributed by atoms with Gasteiger partial charge in [0.1, 0.15) is 0 Å². The molecule has 4 nitrogen and oxygen atoms in total. The number of aliphatic hydroxyl groups excluding tert-OH is 1. The van der Waals surface area contributed by atoms with E-state index < -0.39 is 29.1 Å². The number of nitrogens with one attached hydrogen (secondary N) is 1. The Morgan fingerprint density at radius 1 is 1.13 bits per heavy atom. The first-order valence-electron chi connectivity index (χ1n) is 10.6. The minimum absolute atomic E-state index is 0.0278. The van der Waals surface area contributed by atoms with Gasteiger partial charge in [-0.2, -0.15) is 0 Å². The molecule has 0 spiro atoms. The number of β-amino-alcohol motifs (C(OH)–C–C–N with tert-alkyl or cyclic N) is 1. The van der Waals surface area contributed by atoms with Gasteiger partial charge in [0.25, 0.3) is 0 Å².